The molecule has 0 aliphatic rings. The molecular weight excluding hydrogens is 298 g/mol. The van der Waals surface area contributed by atoms with Gasteiger partial charge in [0.2, 0.25) is 5.91 Å². The van der Waals surface area contributed by atoms with Gasteiger partial charge in [-0.25, -0.2) is 0 Å². The van der Waals surface area contributed by atoms with Crippen molar-refractivity contribution in [3.8, 4) is 5.75 Å². The maximum atomic E-state index is 12.0. The lowest BCUT2D eigenvalue weighted by molar-refractivity contribution is -0.111. The Morgan fingerprint density at radius 1 is 1.23 bits per heavy atom. The summed E-state index contributed by atoms with van der Waals surface area (Å²) in [6.07, 6.45) is 3.21. The van der Waals surface area contributed by atoms with Crippen molar-refractivity contribution < 1.29 is 9.53 Å². The van der Waals surface area contributed by atoms with E-state index >= 15 is 0 Å². The average molecular weight is 316 g/mol. The molecule has 0 aliphatic heterocycles. The van der Waals surface area contributed by atoms with Gasteiger partial charge >= 0.3 is 0 Å². The number of benzene rings is 2. The highest BCUT2D eigenvalue weighted by Gasteiger charge is 2.07. The molecule has 0 atom stereocenters. The highest BCUT2D eigenvalue weighted by Crippen LogP contribution is 2.27. The fourth-order valence-corrected chi connectivity index (χ4v) is 2.52. The smallest absolute Gasteiger partial charge is 0.248 e. The molecule has 0 bridgehead atoms. The molecule has 0 unspecified atom stereocenters. The maximum absolute atomic E-state index is 12.0. The van der Waals surface area contributed by atoms with E-state index in [0.29, 0.717) is 10.7 Å². The number of halogens is 1. The van der Waals surface area contributed by atoms with Crippen LogP contribution in [0.3, 0.4) is 0 Å². The minimum atomic E-state index is -0.225. The summed E-state index contributed by atoms with van der Waals surface area (Å²) in [6, 6.07) is 11.3. The SMILES string of the molecule is COc1cccc(C=CC(=O)Nc2c(C)cc(C)cc2Cl)c1. The summed E-state index contributed by atoms with van der Waals surface area (Å²) < 4.78 is 5.15. The normalized spacial score (nSPS) is 10.7. The van der Waals surface area contributed by atoms with E-state index in [1.54, 1.807) is 13.2 Å². The molecule has 22 heavy (non-hydrogen) atoms. The molecule has 1 N–H and O–H groups in total. The number of ether oxygens (including phenoxy) is 1. The van der Waals surface area contributed by atoms with Crippen LogP contribution in [0.25, 0.3) is 6.08 Å². The van der Waals surface area contributed by atoms with Gasteiger partial charge < -0.3 is 10.1 Å². The molecule has 0 spiro atoms. The van der Waals surface area contributed by atoms with Crippen LogP contribution in [-0.2, 0) is 4.79 Å². The van der Waals surface area contributed by atoms with Crippen molar-refractivity contribution in [3.05, 3.63) is 64.2 Å². The summed E-state index contributed by atoms with van der Waals surface area (Å²) in [5, 5.41) is 3.36. The van der Waals surface area contributed by atoms with Gasteiger partial charge in [-0.2, -0.15) is 0 Å². The Kier molecular flexibility index (Phi) is 5.23. The molecule has 0 saturated heterocycles. The number of carbonyl (C=O) groups is 1. The molecule has 2 rings (SSSR count). The van der Waals surface area contributed by atoms with E-state index in [1.165, 1.54) is 6.08 Å². The predicted molar refractivity (Wildman–Crippen MR) is 91.6 cm³/mol. The number of hydrogen-bond acceptors (Lipinski definition) is 2. The first kappa shape index (κ1) is 16.1. The molecule has 2 aromatic rings. The molecular formula is C18H18ClNO2. The zero-order chi connectivity index (χ0) is 16.1. The number of rotatable bonds is 4. The molecule has 0 radical (unpaired) electrons. The first-order valence-electron chi connectivity index (χ1n) is 6.89. The molecule has 0 aliphatic carbocycles. The van der Waals surface area contributed by atoms with E-state index in [9.17, 15) is 4.79 Å². The minimum absolute atomic E-state index is 0.225. The number of anilines is 1. The van der Waals surface area contributed by atoms with Crippen LogP contribution < -0.4 is 10.1 Å². The fourth-order valence-electron chi connectivity index (χ4n) is 2.16. The lowest BCUT2D eigenvalue weighted by atomic mass is 10.1. The van der Waals surface area contributed by atoms with Crippen molar-refractivity contribution in [1.82, 2.24) is 0 Å². The molecule has 3 nitrogen and oxygen atoms in total. The van der Waals surface area contributed by atoms with Gasteiger partial charge in [0.25, 0.3) is 0 Å². The van der Waals surface area contributed by atoms with Crippen LogP contribution >= 0.6 is 11.6 Å². The van der Waals surface area contributed by atoms with Gasteiger partial charge in [-0.15, -0.1) is 0 Å². The molecule has 1 amide bonds. The minimum Gasteiger partial charge on any atom is -0.497 e. The Labute approximate surface area is 135 Å². The standard InChI is InChI=1S/C18H18ClNO2/c1-12-9-13(2)18(16(19)10-12)20-17(21)8-7-14-5-4-6-15(11-14)22-3/h4-11H,1-3H3,(H,20,21). The molecule has 114 valence electrons. The average Bonchev–Trinajstić information content (AvgIpc) is 2.49. The van der Waals surface area contributed by atoms with Gasteiger partial charge in [0.05, 0.1) is 17.8 Å². The van der Waals surface area contributed by atoms with Crippen molar-refractivity contribution in [1.29, 1.82) is 0 Å². The summed E-state index contributed by atoms with van der Waals surface area (Å²) in [7, 11) is 1.61. The Morgan fingerprint density at radius 2 is 2.00 bits per heavy atom. The van der Waals surface area contributed by atoms with Crippen molar-refractivity contribution in [3.63, 3.8) is 0 Å². The number of amides is 1. The Balaban J connectivity index is 2.11. The third-order valence-corrected chi connectivity index (χ3v) is 3.50. The van der Waals surface area contributed by atoms with Crippen LogP contribution in [0.4, 0.5) is 5.69 Å². The van der Waals surface area contributed by atoms with Gasteiger partial charge in [-0.05, 0) is 54.8 Å². The molecule has 0 saturated carbocycles. The highest BCUT2D eigenvalue weighted by molar-refractivity contribution is 6.34. The van der Waals surface area contributed by atoms with Crippen LogP contribution in [0.2, 0.25) is 5.02 Å². The van der Waals surface area contributed by atoms with Crippen molar-refractivity contribution in [2.75, 3.05) is 12.4 Å². The monoisotopic (exact) mass is 315 g/mol. The van der Waals surface area contributed by atoms with Gasteiger partial charge in [-0.1, -0.05) is 29.8 Å². The number of nitrogens with one attached hydrogen (secondary N) is 1. The predicted octanol–water partition coefficient (Wildman–Crippen LogP) is 4.62. The number of carbonyl (C=O) groups excluding carboxylic acids is 1. The topological polar surface area (TPSA) is 38.3 Å². The molecule has 4 heteroatoms. The zero-order valence-corrected chi connectivity index (χ0v) is 13.6. The number of methoxy groups -OCH3 is 1. The summed E-state index contributed by atoms with van der Waals surface area (Å²) in [6.45, 7) is 3.88. The lowest BCUT2D eigenvalue weighted by Crippen LogP contribution is -2.09. The van der Waals surface area contributed by atoms with Crippen LogP contribution in [0, 0.1) is 13.8 Å². The van der Waals surface area contributed by atoms with Crippen molar-refractivity contribution in [2.24, 2.45) is 0 Å². The fraction of sp³-hybridized carbons (Fsp3) is 0.167. The lowest BCUT2D eigenvalue weighted by Gasteiger charge is -2.10. The third-order valence-electron chi connectivity index (χ3n) is 3.20. The van der Waals surface area contributed by atoms with E-state index in [0.717, 1.165) is 22.4 Å². The van der Waals surface area contributed by atoms with E-state index < -0.39 is 0 Å². The molecule has 0 fully saturated rings. The van der Waals surface area contributed by atoms with E-state index in [2.05, 4.69) is 5.32 Å². The van der Waals surface area contributed by atoms with E-state index in [-0.39, 0.29) is 5.91 Å². The number of aryl methyl sites for hydroxylation is 2. The first-order valence-corrected chi connectivity index (χ1v) is 7.27. The van der Waals surface area contributed by atoms with Gasteiger partial charge in [-0.3, -0.25) is 4.79 Å². The van der Waals surface area contributed by atoms with Crippen LogP contribution in [0.15, 0.2) is 42.5 Å². The van der Waals surface area contributed by atoms with Crippen LogP contribution in [-0.4, -0.2) is 13.0 Å². The second kappa shape index (κ2) is 7.14. The summed E-state index contributed by atoms with van der Waals surface area (Å²) in [5.41, 5.74) is 3.54. The van der Waals surface area contributed by atoms with E-state index in [4.69, 9.17) is 16.3 Å². The second-order valence-corrected chi connectivity index (χ2v) is 5.45. The quantitative estimate of drug-likeness (QED) is 0.836. The Hall–Kier alpha value is -2.26. The molecule has 0 heterocycles. The summed E-state index contributed by atoms with van der Waals surface area (Å²) >= 11 is 6.18. The molecule has 0 aromatic heterocycles. The Morgan fingerprint density at radius 3 is 2.68 bits per heavy atom. The Bertz CT molecular complexity index is 700. The van der Waals surface area contributed by atoms with Gasteiger partial charge in [0, 0.05) is 6.08 Å². The van der Waals surface area contributed by atoms with Crippen molar-refractivity contribution >= 4 is 29.3 Å². The zero-order valence-electron chi connectivity index (χ0n) is 12.8. The second-order valence-electron chi connectivity index (χ2n) is 5.04. The van der Waals surface area contributed by atoms with Crippen LogP contribution in [0.5, 0.6) is 5.75 Å². The van der Waals surface area contributed by atoms with E-state index in [1.807, 2.05) is 50.2 Å². The number of hydrogen-bond donors (Lipinski definition) is 1. The van der Waals surface area contributed by atoms with Crippen molar-refractivity contribution in [2.45, 2.75) is 13.8 Å². The van der Waals surface area contributed by atoms with Gasteiger partial charge in [0.15, 0.2) is 0 Å². The first-order chi connectivity index (χ1) is 10.5. The van der Waals surface area contributed by atoms with Crippen LogP contribution in [0.1, 0.15) is 16.7 Å². The summed E-state index contributed by atoms with van der Waals surface area (Å²) in [5.74, 6) is 0.525. The molecule has 2 aromatic carbocycles. The largest absolute Gasteiger partial charge is 0.497 e. The third kappa shape index (κ3) is 4.12. The maximum Gasteiger partial charge on any atom is 0.248 e. The summed E-state index contributed by atoms with van der Waals surface area (Å²) in [4.78, 5) is 12.0. The van der Waals surface area contributed by atoms with Gasteiger partial charge in [0.1, 0.15) is 5.75 Å². The highest BCUT2D eigenvalue weighted by atomic mass is 35.5.